The Morgan fingerprint density at radius 3 is 2.46 bits per heavy atom. The Labute approximate surface area is 232 Å². The van der Waals surface area contributed by atoms with E-state index in [1.165, 1.54) is 19.4 Å². The van der Waals surface area contributed by atoms with E-state index in [1.807, 2.05) is 0 Å². The summed E-state index contributed by atoms with van der Waals surface area (Å²) in [6.07, 6.45) is 0.640. The average Bonchev–Trinajstić information content (AvgIpc) is 2.89. The lowest BCUT2D eigenvalue weighted by molar-refractivity contribution is -0.0580. The Balaban J connectivity index is 1.57. The molecule has 41 heavy (non-hydrogen) atoms. The number of rotatable bonds is 7. The van der Waals surface area contributed by atoms with Crippen LogP contribution in [0, 0.1) is 18.6 Å². The fourth-order valence-corrected chi connectivity index (χ4v) is 5.79. The lowest BCUT2D eigenvalue weighted by Gasteiger charge is -2.29. The van der Waals surface area contributed by atoms with Crippen LogP contribution in [-0.2, 0) is 10.0 Å². The predicted molar refractivity (Wildman–Crippen MR) is 143 cm³/mol. The van der Waals surface area contributed by atoms with Crippen LogP contribution in [0.3, 0.4) is 0 Å². The molecular weight excluding hydrogens is 566 g/mol. The molecule has 216 valence electrons. The third-order valence-corrected chi connectivity index (χ3v) is 8.14. The van der Waals surface area contributed by atoms with Crippen LogP contribution in [0.15, 0.2) is 47.5 Å². The number of alkyl halides is 2. The molecule has 1 aliphatic rings. The quantitative estimate of drug-likeness (QED) is 0.265. The van der Waals surface area contributed by atoms with Crippen LogP contribution < -0.4 is 19.9 Å². The van der Waals surface area contributed by atoms with Crippen molar-refractivity contribution in [3.63, 3.8) is 0 Å². The van der Waals surface area contributed by atoms with Crippen molar-refractivity contribution in [3.8, 4) is 22.8 Å². The van der Waals surface area contributed by atoms with Gasteiger partial charge in [-0.25, -0.2) is 40.9 Å². The van der Waals surface area contributed by atoms with Crippen LogP contribution in [0.4, 0.5) is 29.2 Å². The number of pyridine rings is 1. The van der Waals surface area contributed by atoms with Crippen LogP contribution >= 0.6 is 0 Å². The number of ether oxygens (including phenoxy) is 2. The van der Waals surface area contributed by atoms with Gasteiger partial charge in [0.05, 0.1) is 18.9 Å². The first kappa shape index (κ1) is 28.3. The molecule has 0 unspecified atom stereocenters. The van der Waals surface area contributed by atoms with Crippen LogP contribution in [0.25, 0.3) is 22.0 Å². The molecule has 0 aliphatic heterocycles. The molecule has 3 N–H and O–H groups in total. The van der Waals surface area contributed by atoms with Gasteiger partial charge in [0.2, 0.25) is 17.8 Å². The maximum atomic E-state index is 14.3. The number of halogens is 4. The summed E-state index contributed by atoms with van der Waals surface area (Å²) in [7, 11) is -3.23. The number of aryl methyl sites for hydroxylation is 1. The molecule has 1 aliphatic carbocycles. The SMILES string of the molecule is COc1ncc(-c2cc(OC3CCC(F)(F)CC3)c3nc(N)nc(C)c3c2)cc1NS(=O)(=O)c1ccc(F)cc1F. The van der Waals surface area contributed by atoms with Crippen molar-refractivity contribution >= 4 is 32.6 Å². The Morgan fingerprint density at radius 1 is 1.05 bits per heavy atom. The number of hydrogen-bond donors (Lipinski definition) is 2. The number of anilines is 2. The molecule has 1 saturated carbocycles. The highest BCUT2D eigenvalue weighted by Gasteiger charge is 2.36. The van der Waals surface area contributed by atoms with E-state index in [1.54, 1.807) is 19.1 Å². The van der Waals surface area contributed by atoms with Gasteiger partial charge in [0, 0.05) is 36.1 Å². The molecule has 0 bridgehead atoms. The average molecular weight is 592 g/mol. The molecule has 1 fully saturated rings. The third-order valence-electron chi connectivity index (χ3n) is 6.74. The number of nitrogens with zero attached hydrogens (tertiary/aromatic N) is 3. The monoisotopic (exact) mass is 591 g/mol. The molecule has 9 nitrogen and oxygen atoms in total. The highest BCUT2D eigenvalue weighted by molar-refractivity contribution is 7.92. The summed E-state index contributed by atoms with van der Waals surface area (Å²) in [4.78, 5) is 11.9. The topological polar surface area (TPSA) is 129 Å². The number of nitrogens with two attached hydrogens (primary N) is 1. The van der Waals surface area contributed by atoms with E-state index in [2.05, 4.69) is 19.7 Å². The van der Waals surface area contributed by atoms with Gasteiger partial charge < -0.3 is 15.2 Å². The zero-order valence-electron chi connectivity index (χ0n) is 21.9. The third kappa shape index (κ3) is 5.97. The van der Waals surface area contributed by atoms with Crippen molar-refractivity contribution in [3.05, 3.63) is 59.9 Å². The molecule has 0 atom stereocenters. The zero-order chi connectivity index (χ0) is 29.5. The molecule has 2 aromatic heterocycles. The summed E-state index contributed by atoms with van der Waals surface area (Å²) < 4.78 is 94.6. The van der Waals surface area contributed by atoms with Crippen molar-refractivity contribution in [2.24, 2.45) is 0 Å². The first-order chi connectivity index (χ1) is 19.3. The Hall–Kier alpha value is -4.20. The molecule has 0 saturated heterocycles. The number of fused-ring (bicyclic) bond motifs is 1. The molecule has 2 heterocycles. The molecule has 5 rings (SSSR count). The van der Waals surface area contributed by atoms with Gasteiger partial charge in [-0.2, -0.15) is 0 Å². The van der Waals surface area contributed by atoms with E-state index in [9.17, 15) is 26.0 Å². The Morgan fingerprint density at radius 2 is 1.78 bits per heavy atom. The van der Waals surface area contributed by atoms with Gasteiger partial charge in [-0.3, -0.25) is 4.72 Å². The highest BCUT2D eigenvalue weighted by Crippen LogP contribution is 2.39. The fourth-order valence-electron chi connectivity index (χ4n) is 4.68. The van der Waals surface area contributed by atoms with E-state index in [-0.39, 0.29) is 48.9 Å². The second-order valence-electron chi connectivity index (χ2n) is 9.67. The van der Waals surface area contributed by atoms with Crippen molar-refractivity contribution in [2.45, 2.75) is 49.5 Å². The van der Waals surface area contributed by atoms with Crippen molar-refractivity contribution in [2.75, 3.05) is 17.6 Å². The minimum absolute atomic E-state index is 0.0126. The van der Waals surface area contributed by atoms with Gasteiger partial charge in [0.1, 0.15) is 33.5 Å². The Kier molecular flexibility index (Phi) is 7.36. The van der Waals surface area contributed by atoms with Crippen LogP contribution in [0.2, 0.25) is 0 Å². The van der Waals surface area contributed by atoms with Gasteiger partial charge in [0.25, 0.3) is 10.0 Å². The summed E-state index contributed by atoms with van der Waals surface area (Å²) in [6, 6.07) is 6.87. The standard InChI is InChI=1S/C27H25F4N5O4S/c1-14-19-9-15(11-22(24(19)35-26(32)34-14)40-18-5-7-27(30,31)8-6-18)16-10-21(25(39-2)33-13-16)36-41(37,38)23-4-3-17(28)12-20(23)29/h3-4,9-13,18,36H,5-8H2,1-2H3,(H2,32,34,35). The molecule has 14 heteroatoms. The van der Waals surface area contributed by atoms with E-state index in [0.29, 0.717) is 33.8 Å². The molecule has 0 radical (unpaired) electrons. The van der Waals surface area contributed by atoms with Gasteiger partial charge in [-0.05, 0) is 55.7 Å². The molecule has 2 aromatic carbocycles. The van der Waals surface area contributed by atoms with Crippen LogP contribution in [0.5, 0.6) is 11.6 Å². The van der Waals surface area contributed by atoms with Crippen molar-refractivity contribution in [1.82, 2.24) is 15.0 Å². The normalized spacial score (nSPS) is 15.6. The number of hydrogen-bond acceptors (Lipinski definition) is 8. The molecule has 0 amide bonds. The minimum Gasteiger partial charge on any atom is -0.488 e. The van der Waals surface area contributed by atoms with E-state index in [4.69, 9.17) is 15.2 Å². The largest absolute Gasteiger partial charge is 0.488 e. The maximum absolute atomic E-state index is 14.3. The second-order valence-corrected chi connectivity index (χ2v) is 11.3. The number of nitrogen functional groups attached to an aromatic ring is 1. The van der Waals surface area contributed by atoms with Crippen molar-refractivity contribution < 1.29 is 35.5 Å². The van der Waals surface area contributed by atoms with Crippen molar-refractivity contribution in [1.29, 1.82) is 0 Å². The predicted octanol–water partition coefficient (Wildman–Crippen LogP) is 5.63. The first-order valence-electron chi connectivity index (χ1n) is 12.5. The molecular formula is C27H25F4N5O4S. The van der Waals surface area contributed by atoms with Gasteiger partial charge in [-0.1, -0.05) is 0 Å². The lowest BCUT2D eigenvalue weighted by Crippen LogP contribution is -2.30. The summed E-state index contributed by atoms with van der Waals surface area (Å²) in [5, 5.41) is 0.569. The fraction of sp³-hybridized carbons (Fsp3) is 0.296. The van der Waals surface area contributed by atoms with Crippen LogP contribution in [-0.4, -0.2) is 42.5 Å². The number of sulfonamides is 1. The Bertz CT molecular complexity index is 1740. The summed E-state index contributed by atoms with van der Waals surface area (Å²) in [5.41, 5.74) is 7.60. The van der Waals surface area contributed by atoms with E-state index in [0.717, 1.165) is 12.1 Å². The van der Waals surface area contributed by atoms with E-state index >= 15 is 0 Å². The summed E-state index contributed by atoms with van der Waals surface area (Å²) in [6.45, 7) is 1.72. The molecule has 0 spiro atoms. The van der Waals surface area contributed by atoms with Gasteiger partial charge in [-0.15, -0.1) is 0 Å². The number of methoxy groups -OCH3 is 1. The van der Waals surface area contributed by atoms with Crippen LogP contribution in [0.1, 0.15) is 31.4 Å². The first-order valence-corrected chi connectivity index (χ1v) is 14.0. The lowest BCUT2D eigenvalue weighted by atomic mass is 9.94. The van der Waals surface area contributed by atoms with E-state index < -0.39 is 38.6 Å². The van der Waals surface area contributed by atoms with Gasteiger partial charge >= 0.3 is 0 Å². The highest BCUT2D eigenvalue weighted by atomic mass is 32.2. The van der Waals surface area contributed by atoms with Gasteiger partial charge in [0.15, 0.2) is 0 Å². The summed E-state index contributed by atoms with van der Waals surface area (Å²) in [5.74, 6) is -4.74. The zero-order valence-corrected chi connectivity index (χ0v) is 22.7. The molecule has 4 aromatic rings. The summed E-state index contributed by atoms with van der Waals surface area (Å²) >= 11 is 0. The number of aromatic nitrogens is 3. The number of nitrogens with one attached hydrogen (secondary N) is 1. The minimum atomic E-state index is -4.51. The number of benzene rings is 2. The second kappa shape index (κ2) is 10.7. The smallest absolute Gasteiger partial charge is 0.264 e. The maximum Gasteiger partial charge on any atom is 0.264 e.